The van der Waals surface area contributed by atoms with Gasteiger partial charge in [0.25, 0.3) is 0 Å². The Hall–Kier alpha value is -0.940. The van der Waals surface area contributed by atoms with Gasteiger partial charge < -0.3 is 20.3 Å². The lowest BCUT2D eigenvalue weighted by Crippen LogP contribution is -2.61. The Morgan fingerprint density at radius 2 is 2.07 bits per heavy atom. The molecule has 1 aliphatic rings. The van der Waals surface area contributed by atoms with Crippen LogP contribution in [0.1, 0.15) is 20.8 Å². The van der Waals surface area contributed by atoms with Crippen LogP contribution in [0.25, 0.3) is 0 Å². The summed E-state index contributed by atoms with van der Waals surface area (Å²) in [6, 6.07) is 0. The Kier molecular flexibility index (Phi) is 3.16. The van der Waals surface area contributed by atoms with E-state index in [9.17, 15) is 19.8 Å². The van der Waals surface area contributed by atoms with E-state index < -0.39 is 29.6 Å². The van der Waals surface area contributed by atoms with E-state index in [1.807, 2.05) is 0 Å². The molecular formula is C10H17NO4. The number of rotatable bonds is 3. The number of carbonyl (C=O) groups is 2. The van der Waals surface area contributed by atoms with E-state index in [1.54, 1.807) is 13.8 Å². The molecule has 86 valence electrons. The molecule has 0 saturated carbocycles. The molecule has 0 spiro atoms. The Bertz CT molecular complexity index is 279. The van der Waals surface area contributed by atoms with E-state index >= 15 is 0 Å². The van der Waals surface area contributed by atoms with Crippen LogP contribution in [-0.2, 0) is 9.59 Å². The van der Waals surface area contributed by atoms with Gasteiger partial charge in [0, 0.05) is 0 Å². The lowest BCUT2D eigenvalue weighted by atomic mass is 9.81. The molecule has 1 saturated heterocycles. The molecule has 15 heavy (non-hydrogen) atoms. The molecule has 0 unspecified atom stereocenters. The Morgan fingerprint density at radius 3 is 2.33 bits per heavy atom. The second kappa shape index (κ2) is 3.90. The van der Waals surface area contributed by atoms with Crippen LogP contribution in [0.3, 0.4) is 0 Å². The number of aldehydes is 1. The van der Waals surface area contributed by atoms with Gasteiger partial charge in [0.2, 0.25) is 5.91 Å². The van der Waals surface area contributed by atoms with Gasteiger partial charge in [-0.3, -0.25) is 4.79 Å². The van der Waals surface area contributed by atoms with Gasteiger partial charge in [0.05, 0.1) is 18.1 Å². The molecule has 3 N–H and O–H groups in total. The molecule has 0 aliphatic carbocycles. The van der Waals surface area contributed by atoms with Crippen molar-refractivity contribution >= 4 is 12.2 Å². The highest BCUT2D eigenvalue weighted by atomic mass is 16.3. The highest BCUT2D eigenvalue weighted by Crippen LogP contribution is 2.30. The minimum Gasteiger partial charge on any atom is -0.390 e. The number of carbonyl (C=O) groups excluding carboxylic acids is 2. The van der Waals surface area contributed by atoms with Crippen molar-refractivity contribution in [2.45, 2.75) is 38.5 Å². The quantitative estimate of drug-likeness (QED) is 0.531. The second-order valence-electron chi connectivity index (χ2n) is 4.46. The molecule has 1 fully saturated rings. The van der Waals surface area contributed by atoms with Gasteiger partial charge in [-0.05, 0) is 5.92 Å². The third-order valence-corrected chi connectivity index (χ3v) is 3.03. The van der Waals surface area contributed by atoms with Crippen molar-refractivity contribution in [1.82, 2.24) is 5.32 Å². The molecule has 0 bridgehead atoms. The number of nitrogens with one attached hydrogen (secondary N) is 1. The third-order valence-electron chi connectivity index (χ3n) is 3.03. The molecule has 5 heteroatoms. The summed E-state index contributed by atoms with van der Waals surface area (Å²) in [4.78, 5) is 22.4. The first-order valence-electron chi connectivity index (χ1n) is 5.01. The van der Waals surface area contributed by atoms with Gasteiger partial charge in [0.15, 0.2) is 6.29 Å². The molecule has 0 radical (unpaired) electrons. The smallest absolute Gasteiger partial charge is 0.226 e. The number of amides is 1. The minimum absolute atomic E-state index is 0.226. The minimum atomic E-state index is -1.55. The van der Waals surface area contributed by atoms with Crippen LogP contribution < -0.4 is 5.32 Å². The summed E-state index contributed by atoms with van der Waals surface area (Å²) >= 11 is 0. The first kappa shape index (κ1) is 12.1. The summed E-state index contributed by atoms with van der Waals surface area (Å²) in [5.74, 6) is -1.31. The SMILES string of the molecule is CC(C)[C@H](O)[C@@]1(C=O)NC(=O)[C@H](C)[C@@H]1O. The van der Waals surface area contributed by atoms with Gasteiger partial charge in [0.1, 0.15) is 5.54 Å². The van der Waals surface area contributed by atoms with Crippen LogP contribution in [0.15, 0.2) is 0 Å². The molecule has 1 amide bonds. The lowest BCUT2D eigenvalue weighted by Gasteiger charge is -2.34. The number of aliphatic hydroxyl groups excluding tert-OH is 2. The van der Waals surface area contributed by atoms with E-state index in [1.165, 1.54) is 6.92 Å². The largest absolute Gasteiger partial charge is 0.390 e. The zero-order valence-electron chi connectivity index (χ0n) is 9.10. The molecule has 4 atom stereocenters. The van der Waals surface area contributed by atoms with Crippen molar-refractivity contribution in [2.75, 3.05) is 0 Å². The predicted molar refractivity (Wildman–Crippen MR) is 53.0 cm³/mol. The molecule has 1 rings (SSSR count). The van der Waals surface area contributed by atoms with Crippen LogP contribution in [0.5, 0.6) is 0 Å². The summed E-state index contributed by atoms with van der Waals surface area (Å²) in [6.07, 6.45) is -1.83. The van der Waals surface area contributed by atoms with E-state index in [4.69, 9.17) is 0 Å². The van der Waals surface area contributed by atoms with Gasteiger partial charge in [-0.25, -0.2) is 0 Å². The van der Waals surface area contributed by atoms with Crippen molar-refractivity contribution in [3.63, 3.8) is 0 Å². The van der Waals surface area contributed by atoms with E-state index in [2.05, 4.69) is 5.32 Å². The maximum atomic E-state index is 11.3. The van der Waals surface area contributed by atoms with Gasteiger partial charge in [-0.1, -0.05) is 20.8 Å². The van der Waals surface area contributed by atoms with Crippen molar-refractivity contribution in [3.8, 4) is 0 Å². The first-order chi connectivity index (χ1) is 6.86. The van der Waals surface area contributed by atoms with E-state index in [0.29, 0.717) is 6.29 Å². The molecular weight excluding hydrogens is 198 g/mol. The number of hydrogen-bond acceptors (Lipinski definition) is 4. The highest BCUT2D eigenvalue weighted by molar-refractivity contribution is 5.89. The van der Waals surface area contributed by atoms with Gasteiger partial charge >= 0.3 is 0 Å². The average molecular weight is 215 g/mol. The first-order valence-corrected chi connectivity index (χ1v) is 5.01. The zero-order valence-corrected chi connectivity index (χ0v) is 9.10. The van der Waals surface area contributed by atoms with E-state index in [0.717, 1.165) is 0 Å². The fraction of sp³-hybridized carbons (Fsp3) is 0.800. The summed E-state index contributed by atoms with van der Waals surface area (Å²) in [7, 11) is 0. The van der Waals surface area contributed by atoms with Crippen molar-refractivity contribution in [1.29, 1.82) is 0 Å². The third kappa shape index (κ3) is 1.66. The van der Waals surface area contributed by atoms with E-state index in [-0.39, 0.29) is 5.92 Å². The molecule has 1 aliphatic heterocycles. The summed E-state index contributed by atoms with van der Waals surface area (Å²) in [5.41, 5.74) is -1.55. The Labute approximate surface area is 88.5 Å². The van der Waals surface area contributed by atoms with Gasteiger partial charge in [-0.15, -0.1) is 0 Å². The van der Waals surface area contributed by atoms with Crippen LogP contribution in [-0.4, -0.2) is 40.2 Å². The number of hydrogen-bond donors (Lipinski definition) is 3. The number of aliphatic hydroxyl groups is 2. The lowest BCUT2D eigenvalue weighted by molar-refractivity contribution is -0.128. The fourth-order valence-electron chi connectivity index (χ4n) is 1.93. The molecule has 0 aromatic heterocycles. The topological polar surface area (TPSA) is 86.6 Å². The zero-order chi connectivity index (χ0) is 11.8. The summed E-state index contributed by atoms with van der Waals surface area (Å²) in [5, 5.41) is 22.1. The maximum absolute atomic E-state index is 11.3. The van der Waals surface area contributed by atoms with Gasteiger partial charge in [-0.2, -0.15) is 0 Å². The van der Waals surface area contributed by atoms with Crippen LogP contribution in [0.4, 0.5) is 0 Å². The van der Waals surface area contributed by atoms with Crippen molar-refractivity contribution < 1.29 is 19.8 Å². The Morgan fingerprint density at radius 1 is 1.53 bits per heavy atom. The van der Waals surface area contributed by atoms with Crippen LogP contribution in [0, 0.1) is 11.8 Å². The molecule has 0 aromatic rings. The standard InChI is InChI=1S/C10H17NO4/c1-5(2)7(13)10(4-12)8(14)6(3)9(15)11-10/h4-8,13-14H,1-3H3,(H,11,15)/t6-,7+,8+,10-/m1/s1. The highest BCUT2D eigenvalue weighted by Gasteiger charge is 2.55. The fourth-order valence-corrected chi connectivity index (χ4v) is 1.93. The normalized spacial score (nSPS) is 37.9. The average Bonchev–Trinajstić information content (AvgIpc) is 2.42. The van der Waals surface area contributed by atoms with Crippen molar-refractivity contribution in [2.24, 2.45) is 11.8 Å². The summed E-state index contributed by atoms with van der Waals surface area (Å²) in [6.45, 7) is 4.97. The summed E-state index contributed by atoms with van der Waals surface area (Å²) < 4.78 is 0. The monoisotopic (exact) mass is 215 g/mol. The maximum Gasteiger partial charge on any atom is 0.226 e. The predicted octanol–water partition coefficient (Wildman–Crippen LogP) is -0.932. The van der Waals surface area contributed by atoms with Crippen LogP contribution >= 0.6 is 0 Å². The molecule has 0 aromatic carbocycles. The molecule has 5 nitrogen and oxygen atoms in total. The van der Waals surface area contributed by atoms with Crippen molar-refractivity contribution in [3.05, 3.63) is 0 Å². The Balaban J connectivity index is 3.06. The van der Waals surface area contributed by atoms with Crippen LogP contribution in [0.2, 0.25) is 0 Å². The second-order valence-corrected chi connectivity index (χ2v) is 4.46. The molecule has 1 heterocycles.